The summed E-state index contributed by atoms with van der Waals surface area (Å²) in [6.45, 7) is 6.51. The smallest absolute Gasteiger partial charge is 0.163 e. The van der Waals surface area contributed by atoms with E-state index >= 15 is 0 Å². The normalized spacial score (nSPS) is 22.6. The van der Waals surface area contributed by atoms with E-state index in [4.69, 9.17) is 4.74 Å². The van der Waals surface area contributed by atoms with Crippen molar-refractivity contribution in [2.45, 2.75) is 39.2 Å². The molecular weight excluding hydrogens is 178 g/mol. The standard InChI is InChI=1S/C11H21NO2/c1-3-9(4-2)7-10(13)11-8-12-5-6-14-11/h9,11-12H,3-8H2,1-2H3. The van der Waals surface area contributed by atoms with Gasteiger partial charge in [-0.3, -0.25) is 4.79 Å². The van der Waals surface area contributed by atoms with Crippen molar-refractivity contribution in [3.63, 3.8) is 0 Å². The summed E-state index contributed by atoms with van der Waals surface area (Å²) in [7, 11) is 0. The van der Waals surface area contributed by atoms with E-state index in [2.05, 4.69) is 19.2 Å². The maximum atomic E-state index is 11.8. The summed E-state index contributed by atoms with van der Waals surface area (Å²) in [5.74, 6) is 0.805. The fourth-order valence-electron chi connectivity index (χ4n) is 1.77. The van der Waals surface area contributed by atoms with Gasteiger partial charge in [-0.2, -0.15) is 0 Å². The first-order chi connectivity index (χ1) is 6.77. The number of ether oxygens (including phenoxy) is 1. The molecule has 82 valence electrons. The second-order valence-corrected chi connectivity index (χ2v) is 3.92. The van der Waals surface area contributed by atoms with Crippen LogP contribution in [-0.4, -0.2) is 31.6 Å². The fraction of sp³-hybridized carbons (Fsp3) is 0.909. The van der Waals surface area contributed by atoms with Crippen LogP contribution in [0.25, 0.3) is 0 Å². The van der Waals surface area contributed by atoms with Crippen LogP contribution in [0.4, 0.5) is 0 Å². The van der Waals surface area contributed by atoms with Gasteiger partial charge in [-0.25, -0.2) is 0 Å². The minimum absolute atomic E-state index is 0.190. The Morgan fingerprint density at radius 1 is 1.50 bits per heavy atom. The number of morpholine rings is 1. The van der Waals surface area contributed by atoms with Crippen LogP contribution in [0.3, 0.4) is 0 Å². The highest BCUT2D eigenvalue weighted by Crippen LogP contribution is 2.15. The first-order valence-electron chi connectivity index (χ1n) is 5.63. The van der Waals surface area contributed by atoms with Gasteiger partial charge in [0.15, 0.2) is 5.78 Å². The van der Waals surface area contributed by atoms with Crippen LogP contribution in [0.1, 0.15) is 33.1 Å². The predicted octanol–water partition coefficient (Wildman–Crippen LogP) is 1.37. The Morgan fingerprint density at radius 2 is 2.21 bits per heavy atom. The van der Waals surface area contributed by atoms with Gasteiger partial charge in [0.05, 0.1) is 6.61 Å². The van der Waals surface area contributed by atoms with E-state index in [1.54, 1.807) is 0 Å². The van der Waals surface area contributed by atoms with Gasteiger partial charge in [-0.1, -0.05) is 26.7 Å². The van der Waals surface area contributed by atoms with Gasteiger partial charge in [0.25, 0.3) is 0 Å². The number of carbonyl (C=O) groups is 1. The summed E-state index contributed by atoms with van der Waals surface area (Å²) in [4.78, 5) is 11.8. The molecule has 3 nitrogen and oxygen atoms in total. The van der Waals surface area contributed by atoms with E-state index in [9.17, 15) is 4.79 Å². The molecule has 3 heteroatoms. The lowest BCUT2D eigenvalue weighted by Gasteiger charge is -2.23. The average molecular weight is 199 g/mol. The number of carbonyl (C=O) groups excluding carboxylic acids is 1. The van der Waals surface area contributed by atoms with Crippen molar-refractivity contribution in [2.24, 2.45) is 5.92 Å². The van der Waals surface area contributed by atoms with Gasteiger partial charge >= 0.3 is 0 Å². The second-order valence-electron chi connectivity index (χ2n) is 3.92. The zero-order valence-electron chi connectivity index (χ0n) is 9.21. The Balaban J connectivity index is 2.32. The number of hydrogen-bond donors (Lipinski definition) is 1. The van der Waals surface area contributed by atoms with E-state index in [0.29, 0.717) is 25.5 Å². The van der Waals surface area contributed by atoms with E-state index in [0.717, 1.165) is 19.4 Å². The Hall–Kier alpha value is -0.410. The fourth-order valence-corrected chi connectivity index (χ4v) is 1.77. The van der Waals surface area contributed by atoms with E-state index in [-0.39, 0.29) is 11.9 Å². The third-order valence-electron chi connectivity index (χ3n) is 2.93. The quantitative estimate of drug-likeness (QED) is 0.726. The molecule has 0 amide bonds. The van der Waals surface area contributed by atoms with Gasteiger partial charge in [0.1, 0.15) is 6.10 Å². The van der Waals surface area contributed by atoms with Gasteiger partial charge < -0.3 is 10.1 Å². The molecule has 1 aliphatic heterocycles. The summed E-state index contributed by atoms with van der Waals surface area (Å²) >= 11 is 0. The van der Waals surface area contributed by atoms with Crippen molar-refractivity contribution in [3.05, 3.63) is 0 Å². The van der Waals surface area contributed by atoms with Crippen LogP contribution in [0, 0.1) is 5.92 Å². The lowest BCUT2D eigenvalue weighted by Crippen LogP contribution is -2.43. The molecule has 0 spiro atoms. The predicted molar refractivity (Wildman–Crippen MR) is 56.3 cm³/mol. The first kappa shape index (κ1) is 11.7. The summed E-state index contributed by atoms with van der Waals surface area (Å²) < 4.78 is 5.42. The summed E-state index contributed by atoms with van der Waals surface area (Å²) in [5.41, 5.74) is 0. The van der Waals surface area contributed by atoms with Crippen molar-refractivity contribution in [3.8, 4) is 0 Å². The van der Waals surface area contributed by atoms with Gasteiger partial charge in [0.2, 0.25) is 0 Å². The molecule has 1 rings (SSSR count). The molecule has 1 aliphatic rings. The van der Waals surface area contributed by atoms with E-state index in [1.165, 1.54) is 0 Å². The third kappa shape index (κ3) is 3.39. The molecule has 14 heavy (non-hydrogen) atoms. The number of nitrogens with one attached hydrogen (secondary N) is 1. The lowest BCUT2D eigenvalue weighted by molar-refractivity contribution is -0.133. The zero-order chi connectivity index (χ0) is 10.4. The second kappa shape index (κ2) is 6.14. The minimum atomic E-state index is -0.190. The number of rotatable bonds is 5. The maximum Gasteiger partial charge on any atom is 0.163 e. The highest BCUT2D eigenvalue weighted by molar-refractivity contribution is 5.83. The number of ketones is 1. The molecule has 1 heterocycles. The van der Waals surface area contributed by atoms with Crippen LogP contribution in [0.5, 0.6) is 0 Å². The molecule has 1 atom stereocenters. The molecule has 1 unspecified atom stereocenters. The van der Waals surface area contributed by atoms with Gasteiger partial charge in [0, 0.05) is 19.5 Å². The Labute approximate surface area is 86.2 Å². The average Bonchev–Trinajstić information content (AvgIpc) is 2.26. The molecule has 0 saturated carbocycles. The number of Topliss-reactive ketones (excluding diaryl/α,β-unsaturated/α-hetero) is 1. The van der Waals surface area contributed by atoms with Crippen LogP contribution in [-0.2, 0) is 9.53 Å². The van der Waals surface area contributed by atoms with Crippen LogP contribution in [0.2, 0.25) is 0 Å². The topological polar surface area (TPSA) is 38.3 Å². The molecule has 0 radical (unpaired) electrons. The van der Waals surface area contributed by atoms with Crippen LogP contribution >= 0.6 is 0 Å². The zero-order valence-corrected chi connectivity index (χ0v) is 9.21. The van der Waals surface area contributed by atoms with Crippen molar-refractivity contribution < 1.29 is 9.53 Å². The van der Waals surface area contributed by atoms with Crippen molar-refractivity contribution in [1.82, 2.24) is 5.32 Å². The van der Waals surface area contributed by atoms with Gasteiger partial charge in [-0.05, 0) is 5.92 Å². The maximum absolute atomic E-state index is 11.8. The lowest BCUT2D eigenvalue weighted by atomic mass is 9.95. The Morgan fingerprint density at radius 3 is 2.71 bits per heavy atom. The molecule has 0 aliphatic carbocycles. The Bertz CT molecular complexity index is 172. The van der Waals surface area contributed by atoms with Crippen molar-refractivity contribution in [2.75, 3.05) is 19.7 Å². The van der Waals surface area contributed by atoms with Crippen LogP contribution in [0.15, 0.2) is 0 Å². The monoisotopic (exact) mass is 199 g/mol. The van der Waals surface area contributed by atoms with Crippen LogP contribution < -0.4 is 5.32 Å². The molecule has 0 bridgehead atoms. The van der Waals surface area contributed by atoms with E-state index in [1.807, 2.05) is 0 Å². The van der Waals surface area contributed by atoms with Crippen molar-refractivity contribution in [1.29, 1.82) is 0 Å². The summed E-state index contributed by atoms with van der Waals surface area (Å²) in [6.07, 6.45) is 2.66. The molecule has 1 saturated heterocycles. The highest BCUT2D eigenvalue weighted by atomic mass is 16.5. The molecule has 0 aromatic rings. The molecule has 0 aromatic heterocycles. The molecule has 0 aromatic carbocycles. The molecular formula is C11H21NO2. The first-order valence-corrected chi connectivity index (χ1v) is 5.63. The Kier molecular flexibility index (Phi) is 5.12. The molecule has 1 N–H and O–H groups in total. The largest absolute Gasteiger partial charge is 0.368 e. The number of hydrogen-bond acceptors (Lipinski definition) is 3. The summed E-state index contributed by atoms with van der Waals surface area (Å²) in [5, 5.41) is 3.18. The van der Waals surface area contributed by atoms with E-state index < -0.39 is 0 Å². The highest BCUT2D eigenvalue weighted by Gasteiger charge is 2.23. The van der Waals surface area contributed by atoms with Gasteiger partial charge in [-0.15, -0.1) is 0 Å². The summed E-state index contributed by atoms with van der Waals surface area (Å²) in [6, 6.07) is 0. The minimum Gasteiger partial charge on any atom is -0.368 e. The molecule has 1 fully saturated rings. The SMILES string of the molecule is CCC(CC)CC(=O)C1CNCCO1. The third-order valence-corrected chi connectivity index (χ3v) is 2.93. The van der Waals surface area contributed by atoms with Crippen molar-refractivity contribution >= 4 is 5.78 Å².